The molecule has 2 saturated heterocycles. The van der Waals surface area contributed by atoms with Gasteiger partial charge in [0, 0.05) is 18.0 Å². The van der Waals surface area contributed by atoms with Gasteiger partial charge < -0.3 is 14.7 Å². The highest BCUT2D eigenvalue weighted by molar-refractivity contribution is 5.86. The average Bonchev–Trinajstić information content (AvgIpc) is 3.23. The molecule has 2 aliphatic heterocycles. The maximum absolute atomic E-state index is 13.2. The van der Waals surface area contributed by atoms with Gasteiger partial charge in [0.25, 0.3) is 0 Å². The number of benzene rings is 2. The molecule has 0 aromatic heterocycles. The minimum Gasteiger partial charge on any atom is -0.508 e. The van der Waals surface area contributed by atoms with Crippen molar-refractivity contribution in [2.45, 2.75) is 38.4 Å². The summed E-state index contributed by atoms with van der Waals surface area (Å²) in [6, 6.07) is 14.8. The number of hydrogen-bond acceptors (Lipinski definition) is 5. The van der Waals surface area contributed by atoms with E-state index in [9.17, 15) is 9.90 Å². The topological polar surface area (TPSA) is 73.8 Å². The Morgan fingerprint density at radius 1 is 1.07 bits per heavy atom. The van der Waals surface area contributed by atoms with Gasteiger partial charge in [-0.1, -0.05) is 37.3 Å². The van der Waals surface area contributed by atoms with E-state index in [2.05, 4.69) is 23.8 Å². The number of nitrogens with zero attached hydrogens (tertiary/aromatic N) is 1. The van der Waals surface area contributed by atoms with Crippen LogP contribution in [0.2, 0.25) is 0 Å². The molecule has 0 radical (unpaired) electrons. The molecule has 0 saturated carbocycles. The van der Waals surface area contributed by atoms with E-state index in [0.717, 1.165) is 23.3 Å². The predicted molar refractivity (Wildman–Crippen MR) is 107 cm³/mol. The molecule has 2 fully saturated rings. The quantitative estimate of drug-likeness (QED) is 0.718. The van der Waals surface area contributed by atoms with Crippen LogP contribution in [-0.4, -0.2) is 35.1 Å². The van der Waals surface area contributed by atoms with Crippen LogP contribution in [0.25, 0.3) is 0 Å². The Hall–Kier alpha value is -2.57. The fourth-order valence-corrected chi connectivity index (χ4v) is 4.56. The second kappa shape index (κ2) is 7.81. The van der Waals surface area contributed by atoms with E-state index in [-0.39, 0.29) is 35.7 Å². The smallest absolute Gasteiger partial charge is 0.242 e. The predicted octanol–water partition coefficient (Wildman–Crippen LogP) is 2.92. The summed E-state index contributed by atoms with van der Waals surface area (Å²) in [5.41, 5.74) is 8.31. The first kappa shape index (κ1) is 18.8. The lowest BCUT2D eigenvalue weighted by Gasteiger charge is -2.31. The van der Waals surface area contributed by atoms with Crippen molar-refractivity contribution in [3.8, 4) is 11.5 Å². The van der Waals surface area contributed by atoms with E-state index in [4.69, 9.17) is 4.74 Å². The zero-order chi connectivity index (χ0) is 19.7. The van der Waals surface area contributed by atoms with Gasteiger partial charge in [-0.15, -0.1) is 0 Å². The van der Waals surface area contributed by atoms with Crippen molar-refractivity contribution in [3.05, 3.63) is 59.7 Å². The van der Waals surface area contributed by atoms with Crippen LogP contribution in [0.3, 0.4) is 0 Å². The third-order valence-electron chi connectivity index (χ3n) is 5.66. The van der Waals surface area contributed by atoms with Gasteiger partial charge in [-0.2, -0.15) is 0 Å². The van der Waals surface area contributed by atoms with E-state index in [1.165, 1.54) is 0 Å². The van der Waals surface area contributed by atoms with Crippen molar-refractivity contribution in [2.75, 3.05) is 13.2 Å². The fraction of sp³-hybridized carbons (Fsp3) is 0.409. The lowest BCUT2D eigenvalue weighted by molar-refractivity contribution is -0.130. The fourth-order valence-electron chi connectivity index (χ4n) is 4.56. The van der Waals surface area contributed by atoms with Gasteiger partial charge in [-0.25, -0.2) is 10.9 Å². The van der Waals surface area contributed by atoms with Crippen LogP contribution in [0.1, 0.15) is 43.5 Å². The maximum atomic E-state index is 13.2. The average molecular weight is 381 g/mol. The number of carbonyl (C=O) groups is 1. The van der Waals surface area contributed by atoms with Crippen molar-refractivity contribution >= 4 is 5.91 Å². The molecule has 4 unspecified atom stereocenters. The standard InChI is InChI=1S/C22H27N3O3/c1-3-12-25-21(14-8-7-9-15(13-14)28-4-2)18-19(23-24-20(18)22(25)27)16-10-5-6-11-17(16)26/h5-11,13,18-21,23-24,26H,3-4,12H2,1-2H3. The molecule has 0 bridgehead atoms. The summed E-state index contributed by atoms with van der Waals surface area (Å²) in [5, 5.41) is 10.4. The number of phenols is 1. The number of phenolic OH excluding ortho intramolecular Hbond substituents is 1. The van der Waals surface area contributed by atoms with Gasteiger partial charge in [0.15, 0.2) is 0 Å². The molecule has 6 nitrogen and oxygen atoms in total. The summed E-state index contributed by atoms with van der Waals surface area (Å²) >= 11 is 0. The summed E-state index contributed by atoms with van der Waals surface area (Å²) < 4.78 is 5.70. The third-order valence-corrected chi connectivity index (χ3v) is 5.66. The molecule has 2 aromatic carbocycles. The lowest BCUT2D eigenvalue weighted by Crippen LogP contribution is -2.41. The number of carbonyl (C=O) groups excluding carboxylic acids is 1. The van der Waals surface area contributed by atoms with Crippen molar-refractivity contribution in [2.24, 2.45) is 5.92 Å². The molecule has 2 aliphatic rings. The van der Waals surface area contributed by atoms with Gasteiger partial charge in [-0.05, 0) is 37.1 Å². The van der Waals surface area contributed by atoms with Gasteiger partial charge in [0.2, 0.25) is 5.91 Å². The van der Waals surface area contributed by atoms with E-state index >= 15 is 0 Å². The monoisotopic (exact) mass is 381 g/mol. The second-order valence-corrected chi connectivity index (χ2v) is 7.36. The van der Waals surface area contributed by atoms with Crippen LogP contribution in [0.5, 0.6) is 11.5 Å². The van der Waals surface area contributed by atoms with Gasteiger partial charge in [0.05, 0.1) is 18.7 Å². The van der Waals surface area contributed by atoms with Crippen molar-refractivity contribution in [1.82, 2.24) is 15.8 Å². The van der Waals surface area contributed by atoms with E-state index < -0.39 is 0 Å². The zero-order valence-corrected chi connectivity index (χ0v) is 16.3. The first-order valence-electron chi connectivity index (χ1n) is 9.97. The molecular weight excluding hydrogens is 354 g/mol. The third kappa shape index (κ3) is 3.12. The molecule has 6 heteroatoms. The highest BCUT2D eigenvalue weighted by Gasteiger charge is 2.55. The molecular formula is C22H27N3O3. The first-order valence-corrected chi connectivity index (χ1v) is 9.97. The largest absolute Gasteiger partial charge is 0.508 e. The minimum atomic E-state index is -0.322. The number of nitrogens with one attached hydrogen (secondary N) is 2. The maximum Gasteiger partial charge on any atom is 0.242 e. The van der Waals surface area contributed by atoms with Crippen LogP contribution >= 0.6 is 0 Å². The Labute approximate surface area is 165 Å². The summed E-state index contributed by atoms with van der Waals surface area (Å²) in [6.45, 7) is 5.34. The van der Waals surface area contributed by atoms with E-state index in [1.807, 2.05) is 48.2 Å². The molecule has 0 spiro atoms. The molecule has 2 aromatic rings. The van der Waals surface area contributed by atoms with Crippen LogP contribution in [0, 0.1) is 5.92 Å². The summed E-state index contributed by atoms with van der Waals surface area (Å²) in [4.78, 5) is 15.1. The Kier molecular flexibility index (Phi) is 5.24. The molecule has 1 amide bonds. The zero-order valence-electron chi connectivity index (χ0n) is 16.3. The SMILES string of the molecule is CCCN1C(=O)C2NNC(c3ccccc3O)C2C1c1cccc(OCC)c1. The number of fused-ring (bicyclic) bond motifs is 1. The van der Waals surface area contributed by atoms with E-state index in [1.54, 1.807) is 6.07 Å². The van der Waals surface area contributed by atoms with Crippen LogP contribution < -0.4 is 15.6 Å². The Bertz CT molecular complexity index is 856. The summed E-state index contributed by atoms with van der Waals surface area (Å²) in [5.74, 6) is 1.12. The first-order chi connectivity index (χ1) is 13.7. The second-order valence-electron chi connectivity index (χ2n) is 7.36. The van der Waals surface area contributed by atoms with Gasteiger partial charge in [0.1, 0.15) is 17.5 Å². The number of para-hydroxylation sites is 1. The van der Waals surface area contributed by atoms with Crippen LogP contribution in [0.4, 0.5) is 0 Å². The number of hydrogen-bond donors (Lipinski definition) is 3. The van der Waals surface area contributed by atoms with Crippen molar-refractivity contribution in [3.63, 3.8) is 0 Å². The molecule has 4 atom stereocenters. The van der Waals surface area contributed by atoms with Crippen molar-refractivity contribution < 1.29 is 14.6 Å². The number of aromatic hydroxyl groups is 1. The molecule has 2 heterocycles. The van der Waals surface area contributed by atoms with Gasteiger partial charge in [-0.3, -0.25) is 4.79 Å². The molecule has 28 heavy (non-hydrogen) atoms. The molecule has 3 N–H and O–H groups in total. The number of rotatable bonds is 6. The number of likely N-dealkylation sites (tertiary alicyclic amines) is 1. The Balaban J connectivity index is 1.77. The van der Waals surface area contributed by atoms with Crippen LogP contribution in [-0.2, 0) is 4.79 Å². The van der Waals surface area contributed by atoms with Gasteiger partial charge >= 0.3 is 0 Å². The summed E-state index contributed by atoms with van der Waals surface area (Å²) in [6.07, 6.45) is 0.890. The Morgan fingerprint density at radius 2 is 1.86 bits per heavy atom. The number of amides is 1. The van der Waals surface area contributed by atoms with E-state index in [0.29, 0.717) is 13.2 Å². The number of ether oxygens (including phenoxy) is 1. The highest BCUT2D eigenvalue weighted by atomic mass is 16.5. The summed E-state index contributed by atoms with van der Waals surface area (Å²) in [7, 11) is 0. The normalized spacial score (nSPS) is 26.5. The molecule has 148 valence electrons. The molecule has 4 rings (SSSR count). The molecule has 0 aliphatic carbocycles. The van der Waals surface area contributed by atoms with Crippen LogP contribution in [0.15, 0.2) is 48.5 Å². The van der Waals surface area contributed by atoms with Crippen molar-refractivity contribution in [1.29, 1.82) is 0 Å². The lowest BCUT2D eigenvalue weighted by atomic mass is 9.83. The minimum absolute atomic E-state index is 0.0378. The number of hydrazine groups is 1. The highest BCUT2D eigenvalue weighted by Crippen LogP contribution is 2.48. The Morgan fingerprint density at radius 3 is 2.61 bits per heavy atom.